The number of halogens is 1. The Kier molecular flexibility index (Phi) is 7.97. The van der Waals surface area contributed by atoms with E-state index >= 15 is 0 Å². The topological polar surface area (TPSA) is 61.4 Å². The number of fused-ring (bicyclic) bond motifs is 1. The van der Waals surface area contributed by atoms with E-state index in [1.807, 2.05) is 23.1 Å². The minimum atomic E-state index is -0.384. The van der Waals surface area contributed by atoms with E-state index in [2.05, 4.69) is 23.6 Å². The molecule has 2 N–H and O–H groups in total. The third-order valence-corrected chi connectivity index (χ3v) is 5.47. The van der Waals surface area contributed by atoms with Gasteiger partial charge in [0.2, 0.25) is 11.8 Å². The van der Waals surface area contributed by atoms with E-state index in [0.29, 0.717) is 32.5 Å². The van der Waals surface area contributed by atoms with E-state index in [1.54, 1.807) is 12.1 Å². The fourth-order valence-electron chi connectivity index (χ4n) is 3.75. The van der Waals surface area contributed by atoms with Crippen LogP contribution in [0, 0.1) is 5.82 Å². The van der Waals surface area contributed by atoms with Crippen molar-refractivity contribution in [2.24, 2.45) is 0 Å². The lowest BCUT2D eigenvalue weighted by molar-refractivity contribution is -0.129. The van der Waals surface area contributed by atoms with E-state index in [9.17, 15) is 14.0 Å². The number of carbonyl (C=O) groups is 2. The van der Waals surface area contributed by atoms with Gasteiger partial charge in [-0.1, -0.05) is 49.7 Å². The van der Waals surface area contributed by atoms with Crippen molar-refractivity contribution in [3.63, 3.8) is 0 Å². The number of amides is 2. The number of hydrogen-bond donors (Lipinski definition) is 2. The SMILES string of the molecule is CCCCNC(=O)CN1Cc2ccccc2CC1C(=O)NCCc1ccc(F)cc1. The zero-order chi connectivity index (χ0) is 21.3. The van der Waals surface area contributed by atoms with Crippen molar-refractivity contribution in [3.8, 4) is 0 Å². The van der Waals surface area contributed by atoms with Gasteiger partial charge in [0.15, 0.2) is 0 Å². The minimum Gasteiger partial charge on any atom is -0.355 e. The molecule has 5 nitrogen and oxygen atoms in total. The summed E-state index contributed by atoms with van der Waals surface area (Å²) in [6.07, 6.45) is 3.19. The van der Waals surface area contributed by atoms with E-state index in [4.69, 9.17) is 0 Å². The third kappa shape index (κ3) is 6.13. The van der Waals surface area contributed by atoms with Crippen LogP contribution in [0.15, 0.2) is 48.5 Å². The quantitative estimate of drug-likeness (QED) is 0.624. The molecule has 160 valence electrons. The van der Waals surface area contributed by atoms with Crippen LogP contribution >= 0.6 is 0 Å². The smallest absolute Gasteiger partial charge is 0.237 e. The standard InChI is InChI=1S/C24H30FN3O2/c1-2-3-13-26-23(29)17-28-16-20-7-5-4-6-19(20)15-22(28)24(30)27-14-12-18-8-10-21(25)11-9-18/h4-11,22H,2-3,12-17H2,1H3,(H,26,29)(H,27,30). The van der Waals surface area contributed by atoms with Crippen molar-refractivity contribution in [1.29, 1.82) is 0 Å². The lowest BCUT2D eigenvalue weighted by Gasteiger charge is -2.35. The van der Waals surface area contributed by atoms with Gasteiger partial charge in [0.25, 0.3) is 0 Å². The first kappa shape index (κ1) is 22.0. The van der Waals surface area contributed by atoms with Crippen LogP contribution in [0.5, 0.6) is 0 Å². The van der Waals surface area contributed by atoms with Crippen LogP contribution in [0.2, 0.25) is 0 Å². The highest BCUT2D eigenvalue weighted by atomic mass is 19.1. The van der Waals surface area contributed by atoms with Gasteiger partial charge in [-0.25, -0.2) is 4.39 Å². The average molecular weight is 412 g/mol. The van der Waals surface area contributed by atoms with Gasteiger partial charge in [0.1, 0.15) is 5.82 Å². The number of rotatable bonds is 9. The molecule has 1 aliphatic rings. The van der Waals surface area contributed by atoms with Gasteiger partial charge in [0.05, 0.1) is 12.6 Å². The summed E-state index contributed by atoms with van der Waals surface area (Å²) in [5.41, 5.74) is 3.28. The summed E-state index contributed by atoms with van der Waals surface area (Å²) in [4.78, 5) is 27.3. The van der Waals surface area contributed by atoms with E-state index in [-0.39, 0.29) is 30.2 Å². The van der Waals surface area contributed by atoms with Crippen molar-refractivity contribution in [1.82, 2.24) is 15.5 Å². The molecule has 0 radical (unpaired) electrons. The number of nitrogens with zero attached hydrogens (tertiary/aromatic N) is 1. The molecule has 2 amide bonds. The van der Waals surface area contributed by atoms with Gasteiger partial charge in [-0.05, 0) is 48.1 Å². The average Bonchev–Trinajstić information content (AvgIpc) is 2.74. The summed E-state index contributed by atoms with van der Waals surface area (Å²) < 4.78 is 13.0. The Balaban J connectivity index is 1.61. The number of carbonyl (C=O) groups excluding carboxylic acids is 2. The lowest BCUT2D eigenvalue weighted by Crippen LogP contribution is -2.53. The molecule has 0 fully saturated rings. The van der Waals surface area contributed by atoms with Crippen molar-refractivity contribution in [2.45, 2.75) is 45.2 Å². The maximum atomic E-state index is 13.0. The predicted molar refractivity (Wildman–Crippen MR) is 115 cm³/mol. The fourth-order valence-corrected chi connectivity index (χ4v) is 3.75. The summed E-state index contributed by atoms with van der Waals surface area (Å²) >= 11 is 0. The molecule has 2 aromatic rings. The molecule has 0 saturated heterocycles. The Hall–Kier alpha value is -2.73. The summed E-state index contributed by atoms with van der Waals surface area (Å²) in [6, 6.07) is 14.0. The zero-order valence-corrected chi connectivity index (χ0v) is 17.5. The molecule has 0 aliphatic carbocycles. The molecular formula is C24H30FN3O2. The van der Waals surface area contributed by atoms with Crippen LogP contribution in [0.25, 0.3) is 0 Å². The highest BCUT2D eigenvalue weighted by Crippen LogP contribution is 2.23. The summed E-state index contributed by atoms with van der Waals surface area (Å²) in [5, 5.41) is 5.94. The normalized spacial score (nSPS) is 16.0. The van der Waals surface area contributed by atoms with E-state index < -0.39 is 0 Å². The van der Waals surface area contributed by atoms with Gasteiger partial charge in [-0.2, -0.15) is 0 Å². The van der Waals surface area contributed by atoms with Crippen LogP contribution < -0.4 is 10.6 Å². The third-order valence-electron chi connectivity index (χ3n) is 5.47. The lowest BCUT2D eigenvalue weighted by atomic mass is 9.93. The number of unbranched alkanes of at least 4 members (excludes halogenated alkanes) is 1. The zero-order valence-electron chi connectivity index (χ0n) is 17.5. The molecular weight excluding hydrogens is 381 g/mol. The highest BCUT2D eigenvalue weighted by Gasteiger charge is 2.32. The molecule has 2 aromatic carbocycles. The molecule has 30 heavy (non-hydrogen) atoms. The Morgan fingerprint density at radius 3 is 2.50 bits per heavy atom. The molecule has 0 aromatic heterocycles. The molecule has 3 rings (SSSR count). The van der Waals surface area contributed by atoms with Crippen LogP contribution in [0.3, 0.4) is 0 Å². The molecule has 1 heterocycles. The van der Waals surface area contributed by atoms with Crippen molar-refractivity contribution >= 4 is 11.8 Å². The summed E-state index contributed by atoms with van der Waals surface area (Å²) in [7, 11) is 0. The van der Waals surface area contributed by atoms with Crippen molar-refractivity contribution in [3.05, 3.63) is 71.0 Å². The van der Waals surface area contributed by atoms with E-state index in [1.165, 1.54) is 12.1 Å². The largest absolute Gasteiger partial charge is 0.355 e. The first-order valence-corrected chi connectivity index (χ1v) is 10.7. The second-order valence-corrected chi connectivity index (χ2v) is 7.76. The first-order valence-electron chi connectivity index (χ1n) is 10.7. The number of hydrogen-bond acceptors (Lipinski definition) is 3. The van der Waals surface area contributed by atoms with Gasteiger partial charge in [-0.15, -0.1) is 0 Å². The maximum Gasteiger partial charge on any atom is 0.237 e. The van der Waals surface area contributed by atoms with Gasteiger partial charge in [0, 0.05) is 19.6 Å². The van der Waals surface area contributed by atoms with Gasteiger partial charge in [-0.3, -0.25) is 14.5 Å². The van der Waals surface area contributed by atoms with Crippen LogP contribution in [0.4, 0.5) is 4.39 Å². The number of nitrogens with one attached hydrogen (secondary N) is 2. The minimum absolute atomic E-state index is 0.0491. The van der Waals surface area contributed by atoms with Gasteiger partial charge < -0.3 is 10.6 Å². The molecule has 0 spiro atoms. The Bertz CT molecular complexity index is 854. The predicted octanol–water partition coefficient (Wildman–Crippen LogP) is 2.83. The van der Waals surface area contributed by atoms with Gasteiger partial charge >= 0.3 is 0 Å². The molecule has 1 atom stereocenters. The van der Waals surface area contributed by atoms with E-state index in [0.717, 1.165) is 29.5 Å². The van der Waals surface area contributed by atoms with Crippen LogP contribution in [0.1, 0.15) is 36.5 Å². The van der Waals surface area contributed by atoms with Crippen LogP contribution in [-0.2, 0) is 29.0 Å². The second-order valence-electron chi connectivity index (χ2n) is 7.76. The fraction of sp³-hybridized carbons (Fsp3) is 0.417. The summed E-state index contributed by atoms with van der Waals surface area (Å²) in [6.45, 7) is 4.00. The Labute approximate surface area is 177 Å². The van der Waals surface area contributed by atoms with Crippen molar-refractivity contribution in [2.75, 3.05) is 19.6 Å². The monoisotopic (exact) mass is 411 g/mol. The first-order chi connectivity index (χ1) is 14.6. The van der Waals surface area contributed by atoms with Crippen molar-refractivity contribution < 1.29 is 14.0 Å². The second kappa shape index (κ2) is 10.9. The highest BCUT2D eigenvalue weighted by molar-refractivity contribution is 5.84. The molecule has 0 bridgehead atoms. The van der Waals surface area contributed by atoms with Crippen LogP contribution in [-0.4, -0.2) is 42.4 Å². The molecule has 0 saturated carbocycles. The molecule has 6 heteroatoms. The Morgan fingerprint density at radius 1 is 1.03 bits per heavy atom. The number of benzene rings is 2. The molecule has 1 unspecified atom stereocenters. The summed E-state index contributed by atoms with van der Waals surface area (Å²) in [5.74, 6) is -0.392. The maximum absolute atomic E-state index is 13.0. The molecule has 1 aliphatic heterocycles. The Morgan fingerprint density at radius 2 is 1.77 bits per heavy atom.